The Hall–Kier alpha value is -2.09. The van der Waals surface area contributed by atoms with Crippen LogP contribution in [0.4, 0.5) is 5.69 Å². The average Bonchev–Trinajstić information content (AvgIpc) is 2.32. The van der Waals surface area contributed by atoms with Crippen LogP contribution in [0.1, 0.15) is 28.4 Å². The van der Waals surface area contributed by atoms with E-state index in [1.165, 1.54) is 0 Å². The van der Waals surface area contributed by atoms with Crippen LogP contribution >= 0.6 is 0 Å². The van der Waals surface area contributed by atoms with E-state index in [4.69, 9.17) is 5.73 Å². The van der Waals surface area contributed by atoms with Crippen LogP contribution in [0.15, 0.2) is 48.5 Å². The van der Waals surface area contributed by atoms with Crippen molar-refractivity contribution in [2.45, 2.75) is 13.3 Å². The molecule has 0 aromatic heterocycles. The van der Waals surface area contributed by atoms with Gasteiger partial charge in [-0.15, -0.1) is 0 Å². The van der Waals surface area contributed by atoms with E-state index in [1.54, 1.807) is 6.92 Å². The molecule has 0 aliphatic carbocycles. The minimum absolute atomic E-state index is 0.107. The maximum atomic E-state index is 11.5. The first kappa shape index (κ1) is 11.4. The number of nitrogen functional groups attached to an aromatic ring is 1. The number of benzene rings is 2. The number of nitrogens with two attached hydrogens (primary N) is 1. The largest absolute Gasteiger partial charge is 0.399 e. The Balaban J connectivity index is 2.30. The summed E-state index contributed by atoms with van der Waals surface area (Å²) in [7, 11) is 0. The number of rotatable bonds is 3. The lowest BCUT2D eigenvalue weighted by molar-refractivity contribution is 0.101. The van der Waals surface area contributed by atoms with Gasteiger partial charge in [0.2, 0.25) is 0 Å². The van der Waals surface area contributed by atoms with E-state index in [9.17, 15) is 4.79 Å². The van der Waals surface area contributed by atoms with E-state index < -0.39 is 0 Å². The van der Waals surface area contributed by atoms with Crippen molar-refractivity contribution < 1.29 is 4.79 Å². The predicted molar refractivity (Wildman–Crippen MR) is 70.1 cm³/mol. The molecule has 0 unspecified atom stereocenters. The Morgan fingerprint density at radius 1 is 1.06 bits per heavy atom. The summed E-state index contributed by atoms with van der Waals surface area (Å²) in [6.45, 7) is 1.60. The number of hydrogen-bond donors (Lipinski definition) is 1. The van der Waals surface area contributed by atoms with Crippen LogP contribution in [0.3, 0.4) is 0 Å². The lowest BCUT2D eigenvalue weighted by atomic mass is 9.98. The molecule has 2 heteroatoms. The normalized spacial score (nSPS) is 10.2. The summed E-state index contributed by atoms with van der Waals surface area (Å²) in [5.74, 6) is 0.107. The topological polar surface area (TPSA) is 43.1 Å². The molecule has 2 aromatic carbocycles. The number of ketones is 1. The predicted octanol–water partition coefficient (Wildman–Crippen LogP) is 3.06. The number of hydrogen-bond acceptors (Lipinski definition) is 2. The van der Waals surface area contributed by atoms with E-state index in [1.807, 2.05) is 48.5 Å². The van der Waals surface area contributed by atoms with Gasteiger partial charge in [-0.2, -0.15) is 0 Å². The molecular formula is C15H15NO. The van der Waals surface area contributed by atoms with Gasteiger partial charge in [0.25, 0.3) is 0 Å². The van der Waals surface area contributed by atoms with Crippen molar-refractivity contribution in [1.82, 2.24) is 0 Å². The van der Waals surface area contributed by atoms with Crippen molar-refractivity contribution in [2.24, 2.45) is 0 Å². The van der Waals surface area contributed by atoms with Crippen LogP contribution in [0.5, 0.6) is 0 Å². The van der Waals surface area contributed by atoms with Crippen molar-refractivity contribution in [2.75, 3.05) is 5.73 Å². The van der Waals surface area contributed by atoms with Crippen LogP contribution in [0, 0.1) is 0 Å². The molecule has 0 aliphatic heterocycles. The highest BCUT2D eigenvalue weighted by Gasteiger charge is 2.06. The minimum atomic E-state index is 0.107. The van der Waals surface area contributed by atoms with Gasteiger partial charge >= 0.3 is 0 Å². The monoisotopic (exact) mass is 225 g/mol. The summed E-state index contributed by atoms with van der Waals surface area (Å²) in [4.78, 5) is 11.5. The Morgan fingerprint density at radius 2 is 1.71 bits per heavy atom. The van der Waals surface area contributed by atoms with E-state index in [-0.39, 0.29) is 5.78 Å². The molecule has 17 heavy (non-hydrogen) atoms. The van der Waals surface area contributed by atoms with Gasteiger partial charge < -0.3 is 5.73 Å². The Bertz CT molecular complexity index is 529. The number of carbonyl (C=O) groups excluding carboxylic acids is 1. The molecule has 2 rings (SSSR count). The van der Waals surface area contributed by atoms with Gasteiger partial charge in [0, 0.05) is 11.3 Å². The van der Waals surface area contributed by atoms with Crippen molar-refractivity contribution in [3.05, 3.63) is 65.2 Å². The summed E-state index contributed by atoms with van der Waals surface area (Å²) in [5.41, 5.74) is 9.42. The zero-order valence-corrected chi connectivity index (χ0v) is 9.81. The molecule has 0 heterocycles. The maximum absolute atomic E-state index is 11.5. The lowest BCUT2D eigenvalue weighted by Crippen LogP contribution is -2.00. The highest BCUT2D eigenvalue weighted by atomic mass is 16.1. The van der Waals surface area contributed by atoms with Crippen molar-refractivity contribution in [3.63, 3.8) is 0 Å². The Kier molecular flexibility index (Phi) is 3.24. The van der Waals surface area contributed by atoms with Crippen molar-refractivity contribution >= 4 is 11.5 Å². The van der Waals surface area contributed by atoms with Gasteiger partial charge in [0.15, 0.2) is 5.78 Å². The second-order valence-electron chi connectivity index (χ2n) is 4.13. The summed E-state index contributed by atoms with van der Waals surface area (Å²) >= 11 is 0. The van der Waals surface area contributed by atoms with E-state index in [2.05, 4.69) is 0 Å². The van der Waals surface area contributed by atoms with E-state index in [0.29, 0.717) is 0 Å². The third kappa shape index (κ3) is 2.72. The third-order valence-electron chi connectivity index (χ3n) is 2.77. The van der Waals surface area contributed by atoms with Gasteiger partial charge in [-0.25, -0.2) is 0 Å². The highest BCUT2D eigenvalue weighted by molar-refractivity contribution is 5.95. The number of Topliss-reactive ketones (excluding diaryl/α,β-unsaturated/α-hetero) is 1. The molecule has 0 atom stereocenters. The first-order valence-corrected chi connectivity index (χ1v) is 5.60. The molecule has 0 fully saturated rings. The van der Waals surface area contributed by atoms with Gasteiger partial charge in [-0.05, 0) is 36.6 Å². The molecule has 0 radical (unpaired) electrons. The minimum Gasteiger partial charge on any atom is -0.399 e. The van der Waals surface area contributed by atoms with Crippen LogP contribution in [0.2, 0.25) is 0 Å². The molecular weight excluding hydrogens is 210 g/mol. The molecule has 2 aromatic rings. The molecule has 0 spiro atoms. The van der Waals surface area contributed by atoms with Gasteiger partial charge in [0.05, 0.1) is 0 Å². The fourth-order valence-electron chi connectivity index (χ4n) is 1.87. The second kappa shape index (κ2) is 4.83. The summed E-state index contributed by atoms with van der Waals surface area (Å²) in [6.07, 6.45) is 0.760. The smallest absolute Gasteiger partial charge is 0.160 e. The molecule has 2 N–H and O–H groups in total. The maximum Gasteiger partial charge on any atom is 0.160 e. The number of carbonyl (C=O) groups is 1. The number of anilines is 1. The van der Waals surface area contributed by atoms with Crippen LogP contribution in [-0.4, -0.2) is 5.78 Å². The molecule has 0 saturated heterocycles. The quantitative estimate of drug-likeness (QED) is 0.644. The summed E-state index contributed by atoms with van der Waals surface area (Å²) < 4.78 is 0. The summed E-state index contributed by atoms with van der Waals surface area (Å²) in [5, 5.41) is 0. The molecule has 86 valence electrons. The molecule has 2 nitrogen and oxygen atoms in total. The fourth-order valence-corrected chi connectivity index (χ4v) is 1.87. The SMILES string of the molecule is CC(=O)c1ccccc1Cc1ccc(N)cc1. The highest BCUT2D eigenvalue weighted by Crippen LogP contribution is 2.16. The Labute approximate surface area is 101 Å². The van der Waals surface area contributed by atoms with Crippen molar-refractivity contribution in [3.8, 4) is 0 Å². The van der Waals surface area contributed by atoms with Crippen LogP contribution < -0.4 is 5.73 Å². The zero-order chi connectivity index (χ0) is 12.3. The first-order chi connectivity index (χ1) is 8.16. The van der Waals surface area contributed by atoms with E-state index in [0.717, 1.165) is 28.8 Å². The average molecular weight is 225 g/mol. The second-order valence-corrected chi connectivity index (χ2v) is 4.13. The van der Waals surface area contributed by atoms with Gasteiger partial charge in [0.1, 0.15) is 0 Å². The zero-order valence-electron chi connectivity index (χ0n) is 9.81. The lowest BCUT2D eigenvalue weighted by Gasteiger charge is -2.07. The molecule has 0 saturated carbocycles. The summed E-state index contributed by atoms with van der Waals surface area (Å²) in [6, 6.07) is 15.5. The molecule has 0 aliphatic rings. The van der Waals surface area contributed by atoms with Crippen LogP contribution in [-0.2, 0) is 6.42 Å². The first-order valence-electron chi connectivity index (χ1n) is 5.60. The fraction of sp³-hybridized carbons (Fsp3) is 0.133. The molecule has 0 amide bonds. The van der Waals surface area contributed by atoms with Crippen LogP contribution in [0.25, 0.3) is 0 Å². The van der Waals surface area contributed by atoms with Gasteiger partial charge in [-0.1, -0.05) is 36.4 Å². The third-order valence-corrected chi connectivity index (χ3v) is 2.77. The standard InChI is InChI=1S/C15H15NO/c1-11(17)15-5-3-2-4-13(15)10-12-6-8-14(16)9-7-12/h2-9H,10,16H2,1H3. The van der Waals surface area contributed by atoms with E-state index >= 15 is 0 Å². The Morgan fingerprint density at radius 3 is 2.35 bits per heavy atom. The van der Waals surface area contributed by atoms with Crippen molar-refractivity contribution in [1.29, 1.82) is 0 Å². The molecule has 0 bridgehead atoms. The van der Waals surface area contributed by atoms with Gasteiger partial charge in [-0.3, -0.25) is 4.79 Å².